The van der Waals surface area contributed by atoms with Crippen molar-refractivity contribution in [2.75, 3.05) is 10.6 Å². The second kappa shape index (κ2) is 7.03. The number of para-hydroxylation sites is 1. The van der Waals surface area contributed by atoms with Gasteiger partial charge in [-0.05, 0) is 48.1 Å². The highest BCUT2D eigenvalue weighted by Gasteiger charge is 2.06. The number of halogens is 1. The largest absolute Gasteiger partial charge is 0.332 e. The molecule has 0 aliphatic heterocycles. The van der Waals surface area contributed by atoms with Gasteiger partial charge < -0.3 is 10.6 Å². The number of benzene rings is 3. The molecule has 0 unspecified atom stereocenters. The van der Waals surface area contributed by atoms with Gasteiger partial charge in [-0.25, -0.2) is 4.39 Å². The van der Waals surface area contributed by atoms with Crippen molar-refractivity contribution in [2.45, 2.75) is 0 Å². The maximum Gasteiger partial charge on any atom is 0.175 e. The Labute approximate surface area is 140 Å². The number of thiocarbonyl (C=S) groups is 1. The van der Waals surface area contributed by atoms with E-state index in [4.69, 9.17) is 12.2 Å². The van der Waals surface area contributed by atoms with E-state index < -0.39 is 0 Å². The first kappa shape index (κ1) is 15.2. The van der Waals surface area contributed by atoms with E-state index in [0.717, 1.165) is 22.5 Å². The molecule has 0 saturated carbocycles. The van der Waals surface area contributed by atoms with Crippen molar-refractivity contribution >= 4 is 28.7 Å². The van der Waals surface area contributed by atoms with Crippen LogP contribution in [0.1, 0.15) is 0 Å². The first-order chi connectivity index (χ1) is 11.2. The third-order valence-electron chi connectivity index (χ3n) is 3.36. The lowest BCUT2D eigenvalue weighted by molar-refractivity contribution is 0.628. The Balaban J connectivity index is 1.78. The van der Waals surface area contributed by atoms with Crippen LogP contribution in [0.3, 0.4) is 0 Å². The summed E-state index contributed by atoms with van der Waals surface area (Å²) in [6.45, 7) is 0. The van der Waals surface area contributed by atoms with Crippen molar-refractivity contribution in [2.24, 2.45) is 0 Å². The lowest BCUT2D eigenvalue weighted by Crippen LogP contribution is -2.19. The summed E-state index contributed by atoms with van der Waals surface area (Å²) in [4.78, 5) is 0. The number of hydrogen-bond donors (Lipinski definition) is 2. The molecule has 3 rings (SSSR count). The molecule has 2 nitrogen and oxygen atoms in total. The van der Waals surface area contributed by atoms with Gasteiger partial charge in [-0.15, -0.1) is 0 Å². The van der Waals surface area contributed by atoms with E-state index in [1.165, 1.54) is 12.1 Å². The number of nitrogens with one attached hydrogen (secondary N) is 2. The molecule has 3 aromatic rings. The third-order valence-corrected chi connectivity index (χ3v) is 3.57. The van der Waals surface area contributed by atoms with Crippen molar-refractivity contribution in [3.63, 3.8) is 0 Å². The van der Waals surface area contributed by atoms with E-state index in [1.807, 2.05) is 42.5 Å². The molecule has 0 aromatic heterocycles. The van der Waals surface area contributed by atoms with Crippen molar-refractivity contribution in [3.8, 4) is 11.1 Å². The lowest BCUT2D eigenvalue weighted by atomic mass is 10.0. The van der Waals surface area contributed by atoms with Crippen molar-refractivity contribution < 1.29 is 4.39 Å². The quantitative estimate of drug-likeness (QED) is 0.640. The van der Waals surface area contributed by atoms with Crippen molar-refractivity contribution in [3.05, 3.63) is 84.7 Å². The molecule has 0 bridgehead atoms. The summed E-state index contributed by atoms with van der Waals surface area (Å²) in [5.74, 6) is -0.274. The summed E-state index contributed by atoms with van der Waals surface area (Å²) in [6, 6.07) is 24.1. The highest BCUT2D eigenvalue weighted by molar-refractivity contribution is 7.80. The van der Waals surface area contributed by atoms with Gasteiger partial charge in [0.2, 0.25) is 0 Å². The molecule has 0 aliphatic rings. The maximum atomic E-state index is 12.9. The SMILES string of the molecule is Fc1ccc(NC(=S)Nc2ccccc2-c2ccccc2)cc1. The van der Waals surface area contributed by atoms with Gasteiger partial charge in [-0.2, -0.15) is 0 Å². The molecule has 0 atom stereocenters. The standard InChI is InChI=1S/C19H15FN2S/c20-15-10-12-16(13-11-15)21-19(23)22-18-9-5-4-8-17(18)14-6-2-1-3-7-14/h1-13H,(H2,21,22,23). The van der Waals surface area contributed by atoms with Gasteiger partial charge in [0, 0.05) is 16.9 Å². The Morgan fingerprint density at radius 3 is 2.13 bits per heavy atom. The summed E-state index contributed by atoms with van der Waals surface area (Å²) < 4.78 is 12.9. The summed E-state index contributed by atoms with van der Waals surface area (Å²) in [5, 5.41) is 6.71. The Morgan fingerprint density at radius 2 is 1.39 bits per heavy atom. The minimum Gasteiger partial charge on any atom is -0.332 e. The van der Waals surface area contributed by atoms with Gasteiger partial charge in [0.05, 0.1) is 0 Å². The maximum absolute atomic E-state index is 12.9. The number of rotatable bonds is 3. The van der Waals surface area contributed by atoms with E-state index in [1.54, 1.807) is 12.1 Å². The molecule has 0 amide bonds. The fraction of sp³-hybridized carbons (Fsp3) is 0. The van der Waals surface area contributed by atoms with E-state index in [9.17, 15) is 4.39 Å². The van der Waals surface area contributed by atoms with E-state index in [2.05, 4.69) is 22.8 Å². The topological polar surface area (TPSA) is 24.1 Å². The minimum atomic E-state index is -0.274. The van der Waals surface area contributed by atoms with Crippen LogP contribution < -0.4 is 10.6 Å². The zero-order chi connectivity index (χ0) is 16.1. The highest BCUT2D eigenvalue weighted by atomic mass is 32.1. The predicted molar refractivity (Wildman–Crippen MR) is 98.1 cm³/mol. The van der Waals surface area contributed by atoms with Gasteiger partial charge in [0.15, 0.2) is 5.11 Å². The number of hydrogen-bond acceptors (Lipinski definition) is 1. The molecule has 4 heteroatoms. The summed E-state index contributed by atoms with van der Waals surface area (Å²) in [5.41, 5.74) is 3.83. The average molecular weight is 322 g/mol. The molecule has 0 heterocycles. The van der Waals surface area contributed by atoms with Gasteiger partial charge in [-0.3, -0.25) is 0 Å². The highest BCUT2D eigenvalue weighted by Crippen LogP contribution is 2.27. The fourth-order valence-electron chi connectivity index (χ4n) is 2.28. The van der Waals surface area contributed by atoms with E-state index in [-0.39, 0.29) is 5.82 Å². The molecule has 23 heavy (non-hydrogen) atoms. The molecule has 0 radical (unpaired) electrons. The van der Waals surface area contributed by atoms with Crippen LogP contribution in [-0.2, 0) is 0 Å². The van der Waals surface area contributed by atoms with Crippen LogP contribution in [0.4, 0.5) is 15.8 Å². The number of anilines is 2. The lowest BCUT2D eigenvalue weighted by Gasteiger charge is -2.14. The molecule has 0 saturated heterocycles. The summed E-state index contributed by atoms with van der Waals surface area (Å²) in [6.07, 6.45) is 0. The minimum absolute atomic E-state index is 0.274. The molecule has 3 aromatic carbocycles. The van der Waals surface area contributed by atoms with Crippen LogP contribution in [0, 0.1) is 5.82 Å². The molecule has 2 N–H and O–H groups in total. The van der Waals surface area contributed by atoms with Crippen LogP contribution >= 0.6 is 12.2 Å². The Bertz CT molecular complexity index is 801. The van der Waals surface area contributed by atoms with Crippen LogP contribution in [-0.4, -0.2) is 5.11 Å². The molecule has 0 fully saturated rings. The van der Waals surface area contributed by atoms with Crippen LogP contribution in [0.25, 0.3) is 11.1 Å². The predicted octanol–water partition coefficient (Wildman–Crippen LogP) is 5.30. The van der Waals surface area contributed by atoms with Gasteiger partial charge in [-0.1, -0.05) is 48.5 Å². The van der Waals surface area contributed by atoms with Crippen molar-refractivity contribution in [1.29, 1.82) is 0 Å². The van der Waals surface area contributed by atoms with Gasteiger partial charge in [0.1, 0.15) is 5.82 Å². The van der Waals surface area contributed by atoms with Crippen LogP contribution in [0.15, 0.2) is 78.9 Å². The molecule has 0 aliphatic carbocycles. The summed E-state index contributed by atoms with van der Waals surface area (Å²) in [7, 11) is 0. The average Bonchev–Trinajstić information content (AvgIpc) is 2.58. The zero-order valence-electron chi connectivity index (χ0n) is 12.3. The Kier molecular flexibility index (Phi) is 4.64. The first-order valence-corrected chi connectivity index (χ1v) is 7.61. The third kappa shape index (κ3) is 3.93. The normalized spacial score (nSPS) is 10.1. The fourth-order valence-corrected chi connectivity index (χ4v) is 2.51. The summed E-state index contributed by atoms with van der Waals surface area (Å²) >= 11 is 5.34. The second-order valence-corrected chi connectivity index (χ2v) is 5.41. The van der Waals surface area contributed by atoms with Crippen LogP contribution in [0.5, 0.6) is 0 Å². The smallest absolute Gasteiger partial charge is 0.175 e. The first-order valence-electron chi connectivity index (χ1n) is 7.20. The zero-order valence-corrected chi connectivity index (χ0v) is 13.1. The molecular weight excluding hydrogens is 307 g/mol. The molecule has 0 spiro atoms. The monoisotopic (exact) mass is 322 g/mol. The van der Waals surface area contributed by atoms with Crippen LogP contribution in [0.2, 0.25) is 0 Å². The Morgan fingerprint density at radius 1 is 0.739 bits per heavy atom. The van der Waals surface area contributed by atoms with E-state index >= 15 is 0 Å². The van der Waals surface area contributed by atoms with E-state index in [0.29, 0.717) is 5.11 Å². The second-order valence-electron chi connectivity index (χ2n) is 5.00. The van der Waals surface area contributed by atoms with Crippen molar-refractivity contribution in [1.82, 2.24) is 0 Å². The Hall–Kier alpha value is -2.72. The molecule has 114 valence electrons. The van der Waals surface area contributed by atoms with Gasteiger partial charge in [0.25, 0.3) is 0 Å². The van der Waals surface area contributed by atoms with Gasteiger partial charge >= 0.3 is 0 Å². The molecular formula is C19H15FN2S.